The summed E-state index contributed by atoms with van der Waals surface area (Å²) in [5.41, 5.74) is -19.2. The highest BCUT2D eigenvalue weighted by molar-refractivity contribution is 6.12. The van der Waals surface area contributed by atoms with Crippen molar-refractivity contribution >= 4 is 16.7 Å². The number of alkyl halides is 3. The Bertz CT molecular complexity index is 2200. The van der Waals surface area contributed by atoms with E-state index in [1.807, 2.05) is 0 Å². The molecule has 17 heteroatoms. The lowest BCUT2D eigenvalue weighted by Crippen LogP contribution is -2.09. The molecule has 0 spiro atoms. The maximum absolute atomic E-state index is 15.1. The monoisotopic (exact) mass is 668 g/mol. The van der Waals surface area contributed by atoms with Crippen molar-refractivity contribution in [1.82, 2.24) is 0 Å². The van der Waals surface area contributed by atoms with Gasteiger partial charge in [0.2, 0.25) is 0 Å². The molecule has 0 aliphatic heterocycles. The zero-order valence-corrected chi connectivity index (χ0v) is 22.6. The minimum atomic E-state index is -5.38. The Labute approximate surface area is 259 Å². The summed E-state index contributed by atoms with van der Waals surface area (Å²) < 4.78 is 161. The molecule has 0 unspecified atom stereocenters. The SMILES string of the molecule is N#CC(=C1C(=C(C#N)c2c(F)c(F)c(C#N)c(F)c2F)C1=C(C#N)c1c(F)c(F)c(C#N)c(F)c1F)c1ccc(C#N)cc1C(F)(F)F. The van der Waals surface area contributed by atoms with Gasteiger partial charge in [-0.2, -0.15) is 44.7 Å². The standard InChI is InChI=1S/C31H3F11N6/c32-23-15(8-47)24(33)28(37)21(27(23)36)13(6-45)19-18(12(5-44)11-2-1-10(4-43)3-17(11)31(40,41)42)20(19)14(7-46)22-29(38)25(34)16(9-48)26(35)30(22)39/h1-3H. The predicted octanol–water partition coefficient (Wildman–Crippen LogP) is 7.68. The van der Waals surface area contributed by atoms with Crippen molar-refractivity contribution in [3.05, 3.63) is 120 Å². The molecule has 3 aromatic carbocycles. The Hall–Kier alpha value is -6.95. The summed E-state index contributed by atoms with van der Waals surface area (Å²) in [4.78, 5) is 0. The minimum Gasteiger partial charge on any atom is -0.203 e. The van der Waals surface area contributed by atoms with Gasteiger partial charge in [0.1, 0.15) is 41.5 Å². The van der Waals surface area contributed by atoms with Crippen molar-refractivity contribution in [2.24, 2.45) is 0 Å². The average Bonchev–Trinajstić information content (AvgIpc) is 3.77. The fourth-order valence-corrected chi connectivity index (χ4v) is 4.63. The smallest absolute Gasteiger partial charge is 0.203 e. The lowest BCUT2D eigenvalue weighted by Gasteiger charge is -2.12. The number of nitriles is 6. The molecule has 1 aliphatic carbocycles. The number of allylic oxidation sites excluding steroid dienone is 6. The maximum Gasteiger partial charge on any atom is 0.417 e. The Morgan fingerprint density at radius 1 is 0.479 bits per heavy atom. The molecule has 3 aromatic rings. The molecule has 0 atom stereocenters. The van der Waals surface area contributed by atoms with E-state index < -0.39 is 125 Å². The van der Waals surface area contributed by atoms with E-state index in [4.69, 9.17) is 15.8 Å². The number of rotatable bonds is 3. The van der Waals surface area contributed by atoms with Crippen molar-refractivity contribution < 1.29 is 48.3 Å². The predicted molar refractivity (Wildman–Crippen MR) is 136 cm³/mol. The van der Waals surface area contributed by atoms with Gasteiger partial charge in [-0.05, 0) is 12.1 Å². The fraction of sp³-hybridized carbons (Fsp3) is 0.0323. The average molecular weight is 668 g/mol. The number of nitrogens with zero attached hydrogens (tertiary/aromatic N) is 6. The quantitative estimate of drug-likeness (QED) is 0.159. The topological polar surface area (TPSA) is 143 Å². The summed E-state index contributed by atoms with van der Waals surface area (Å²) in [7, 11) is 0. The van der Waals surface area contributed by atoms with E-state index in [1.54, 1.807) is 0 Å². The van der Waals surface area contributed by atoms with Gasteiger partial charge >= 0.3 is 6.18 Å². The summed E-state index contributed by atoms with van der Waals surface area (Å²) in [6.07, 6.45) is -5.38. The van der Waals surface area contributed by atoms with E-state index in [1.165, 1.54) is 12.1 Å². The second-order valence-corrected chi connectivity index (χ2v) is 9.19. The third kappa shape index (κ3) is 5.03. The summed E-state index contributed by atoms with van der Waals surface area (Å²) in [6.45, 7) is 0. The zero-order valence-electron chi connectivity index (χ0n) is 22.6. The van der Waals surface area contributed by atoms with Gasteiger partial charge in [0.05, 0.1) is 45.0 Å². The Kier molecular flexibility index (Phi) is 8.55. The Balaban J connectivity index is 2.35. The summed E-state index contributed by atoms with van der Waals surface area (Å²) in [5, 5.41) is 56.5. The molecule has 0 heterocycles. The molecule has 6 nitrogen and oxygen atoms in total. The normalized spacial score (nSPS) is 14.1. The van der Waals surface area contributed by atoms with Crippen LogP contribution in [0.15, 0.2) is 34.9 Å². The Morgan fingerprint density at radius 2 is 0.833 bits per heavy atom. The molecule has 1 fully saturated rings. The maximum atomic E-state index is 15.1. The molecule has 1 aliphatic rings. The lowest BCUT2D eigenvalue weighted by molar-refractivity contribution is -0.137. The van der Waals surface area contributed by atoms with Gasteiger partial charge in [0, 0.05) is 22.3 Å². The van der Waals surface area contributed by atoms with Crippen LogP contribution in [0.3, 0.4) is 0 Å². The van der Waals surface area contributed by atoms with E-state index in [0.717, 1.165) is 30.3 Å². The van der Waals surface area contributed by atoms with Crippen molar-refractivity contribution in [3.8, 4) is 36.4 Å². The summed E-state index contributed by atoms with van der Waals surface area (Å²) in [5.74, 6) is -19.3. The molecular formula is C31H3F11N6. The molecule has 0 saturated heterocycles. The molecule has 0 bridgehead atoms. The van der Waals surface area contributed by atoms with Crippen LogP contribution in [-0.4, -0.2) is 0 Å². The molecule has 0 radical (unpaired) electrons. The van der Waals surface area contributed by atoms with Gasteiger partial charge in [0.25, 0.3) is 0 Å². The molecule has 234 valence electrons. The highest BCUT2D eigenvalue weighted by Crippen LogP contribution is 2.57. The van der Waals surface area contributed by atoms with Crippen molar-refractivity contribution in [2.45, 2.75) is 6.18 Å². The van der Waals surface area contributed by atoms with Crippen LogP contribution in [-0.2, 0) is 6.18 Å². The molecule has 4 rings (SSSR count). The number of halogens is 11. The first-order valence-corrected chi connectivity index (χ1v) is 12.2. The second-order valence-electron chi connectivity index (χ2n) is 9.19. The van der Waals surface area contributed by atoms with Gasteiger partial charge in [0.15, 0.2) is 46.5 Å². The van der Waals surface area contributed by atoms with E-state index in [0.29, 0.717) is 6.07 Å². The molecule has 0 amide bonds. The first kappa shape index (κ1) is 33.9. The number of hydrogen-bond donors (Lipinski definition) is 0. The van der Waals surface area contributed by atoms with Crippen LogP contribution in [0.25, 0.3) is 16.7 Å². The lowest BCUT2D eigenvalue weighted by atomic mass is 9.96. The van der Waals surface area contributed by atoms with Gasteiger partial charge in [-0.3, -0.25) is 0 Å². The number of benzene rings is 3. The molecule has 48 heavy (non-hydrogen) atoms. The van der Waals surface area contributed by atoms with Crippen LogP contribution in [0.5, 0.6) is 0 Å². The zero-order chi connectivity index (χ0) is 36.0. The largest absolute Gasteiger partial charge is 0.417 e. The highest BCUT2D eigenvalue weighted by atomic mass is 19.4. The summed E-state index contributed by atoms with van der Waals surface area (Å²) >= 11 is 0. The van der Waals surface area contributed by atoms with E-state index in [-0.39, 0.29) is 6.07 Å². The molecular weight excluding hydrogens is 665 g/mol. The van der Waals surface area contributed by atoms with Crippen LogP contribution in [0.2, 0.25) is 0 Å². The fourth-order valence-electron chi connectivity index (χ4n) is 4.63. The number of hydrogen-bond acceptors (Lipinski definition) is 6. The van der Waals surface area contributed by atoms with Crippen LogP contribution >= 0.6 is 0 Å². The molecule has 0 aromatic heterocycles. The van der Waals surface area contributed by atoms with Gasteiger partial charge in [-0.25, -0.2) is 35.1 Å². The van der Waals surface area contributed by atoms with Gasteiger partial charge in [-0.15, -0.1) is 0 Å². The van der Waals surface area contributed by atoms with Gasteiger partial charge in [-0.1, -0.05) is 6.07 Å². The Morgan fingerprint density at radius 3 is 1.12 bits per heavy atom. The van der Waals surface area contributed by atoms with Crippen LogP contribution in [0, 0.1) is 115 Å². The minimum absolute atomic E-state index is 0.230. The van der Waals surface area contributed by atoms with Crippen molar-refractivity contribution in [1.29, 1.82) is 31.6 Å². The first-order chi connectivity index (χ1) is 22.6. The summed E-state index contributed by atoms with van der Waals surface area (Å²) in [6, 6.07) is 7.86. The van der Waals surface area contributed by atoms with Crippen molar-refractivity contribution in [3.63, 3.8) is 0 Å². The van der Waals surface area contributed by atoms with Gasteiger partial charge < -0.3 is 0 Å². The second kappa shape index (κ2) is 12.1. The van der Waals surface area contributed by atoms with Crippen LogP contribution < -0.4 is 0 Å². The molecule has 0 N–H and O–H groups in total. The van der Waals surface area contributed by atoms with E-state index >= 15 is 17.6 Å². The van der Waals surface area contributed by atoms with E-state index in [9.17, 15) is 46.5 Å². The third-order valence-corrected chi connectivity index (χ3v) is 6.75. The van der Waals surface area contributed by atoms with Crippen molar-refractivity contribution in [2.75, 3.05) is 0 Å². The highest BCUT2D eigenvalue weighted by Gasteiger charge is 2.46. The van der Waals surface area contributed by atoms with E-state index in [2.05, 4.69) is 0 Å². The third-order valence-electron chi connectivity index (χ3n) is 6.75. The first-order valence-electron chi connectivity index (χ1n) is 12.2. The molecule has 1 saturated carbocycles. The van der Waals surface area contributed by atoms with Crippen LogP contribution in [0.1, 0.15) is 38.9 Å². The van der Waals surface area contributed by atoms with Crippen LogP contribution in [0.4, 0.5) is 48.3 Å².